The highest BCUT2D eigenvalue weighted by atomic mass is 32.2. The summed E-state index contributed by atoms with van der Waals surface area (Å²) in [5.41, 5.74) is 0. The second kappa shape index (κ2) is 2.87. The summed E-state index contributed by atoms with van der Waals surface area (Å²) in [6.07, 6.45) is 5.86. The molecular weight excluding hydrogens is 132 g/mol. The van der Waals surface area contributed by atoms with Gasteiger partial charge in [0.15, 0.2) is 6.29 Å². The van der Waals surface area contributed by atoms with Gasteiger partial charge in [-0.25, -0.2) is 0 Å². The second-order valence-corrected chi connectivity index (χ2v) is 3.20. The zero-order valence-corrected chi connectivity index (χ0v) is 6.07. The highest BCUT2D eigenvalue weighted by molar-refractivity contribution is 8.07. The molecule has 0 N–H and O–H groups in total. The second-order valence-electron chi connectivity index (χ2n) is 1.88. The van der Waals surface area contributed by atoms with Crippen molar-refractivity contribution in [1.29, 1.82) is 0 Å². The molecule has 0 aromatic rings. The Bertz CT molecular complexity index is 179. The van der Waals surface area contributed by atoms with Crippen LogP contribution in [-0.2, 0) is 4.79 Å². The SMILES string of the molecule is CC1=CCC=C(C=O)S1. The van der Waals surface area contributed by atoms with E-state index in [1.165, 1.54) is 4.91 Å². The molecule has 0 aliphatic carbocycles. The Balaban J connectivity index is 2.61. The minimum Gasteiger partial charge on any atom is -0.297 e. The molecule has 0 fully saturated rings. The van der Waals surface area contributed by atoms with Gasteiger partial charge in [0.2, 0.25) is 0 Å². The van der Waals surface area contributed by atoms with E-state index in [1.54, 1.807) is 11.8 Å². The summed E-state index contributed by atoms with van der Waals surface area (Å²) >= 11 is 1.54. The quantitative estimate of drug-likeness (QED) is 0.519. The number of thioether (sulfide) groups is 1. The van der Waals surface area contributed by atoms with Crippen LogP contribution in [-0.4, -0.2) is 6.29 Å². The number of carbonyl (C=O) groups is 1. The molecule has 0 saturated heterocycles. The number of allylic oxidation sites excluding steroid dienone is 4. The van der Waals surface area contributed by atoms with Gasteiger partial charge in [-0.1, -0.05) is 23.9 Å². The number of hydrogen-bond donors (Lipinski definition) is 0. The van der Waals surface area contributed by atoms with Crippen LogP contribution in [0.2, 0.25) is 0 Å². The third kappa shape index (κ3) is 1.72. The van der Waals surface area contributed by atoms with E-state index in [9.17, 15) is 4.79 Å². The molecule has 1 rings (SSSR count). The molecule has 48 valence electrons. The van der Waals surface area contributed by atoms with E-state index in [0.717, 1.165) is 17.6 Å². The lowest BCUT2D eigenvalue weighted by atomic mass is 10.3. The van der Waals surface area contributed by atoms with Crippen molar-refractivity contribution in [2.75, 3.05) is 0 Å². The molecule has 0 bridgehead atoms. The smallest absolute Gasteiger partial charge is 0.156 e. The molecule has 2 heteroatoms. The van der Waals surface area contributed by atoms with E-state index in [1.807, 2.05) is 13.0 Å². The van der Waals surface area contributed by atoms with Gasteiger partial charge in [-0.15, -0.1) is 0 Å². The Hall–Kier alpha value is -0.500. The van der Waals surface area contributed by atoms with Crippen molar-refractivity contribution < 1.29 is 4.79 Å². The van der Waals surface area contributed by atoms with Crippen molar-refractivity contribution in [2.45, 2.75) is 13.3 Å². The van der Waals surface area contributed by atoms with Crippen molar-refractivity contribution in [1.82, 2.24) is 0 Å². The summed E-state index contributed by atoms with van der Waals surface area (Å²) < 4.78 is 0. The van der Waals surface area contributed by atoms with Gasteiger partial charge in [0, 0.05) is 4.91 Å². The predicted octanol–water partition coefficient (Wildman–Crippen LogP) is 2.11. The molecule has 0 saturated carbocycles. The van der Waals surface area contributed by atoms with E-state index in [-0.39, 0.29) is 0 Å². The third-order valence-electron chi connectivity index (χ3n) is 1.12. The number of hydrogen-bond acceptors (Lipinski definition) is 2. The van der Waals surface area contributed by atoms with Crippen LogP contribution in [0.5, 0.6) is 0 Å². The Kier molecular flexibility index (Phi) is 2.11. The van der Waals surface area contributed by atoms with E-state index in [4.69, 9.17) is 0 Å². The minimum absolute atomic E-state index is 0.843. The molecule has 1 aliphatic rings. The van der Waals surface area contributed by atoms with Crippen molar-refractivity contribution >= 4 is 18.0 Å². The van der Waals surface area contributed by atoms with E-state index >= 15 is 0 Å². The molecule has 0 aromatic carbocycles. The first-order chi connectivity index (χ1) is 4.33. The van der Waals surface area contributed by atoms with Gasteiger partial charge < -0.3 is 0 Å². The van der Waals surface area contributed by atoms with Crippen LogP contribution in [0, 0.1) is 0 Å². The summed E-state index contributed by atoms with van der Waals surface area (Å²) in [6, 6.07) is 0. The van der Waals surface area contributed by atoms with Gasteiger partial charge in [0.25, 0.3) is 0 Å². The Morgan fingerprint density at radius 1 is 1.67 bits per heavy atom. The van der Waals surface area contributed by atoms with Crippen LogP contribution in [0.3, 0.4) is 0 Å². The largest absolute Gasteiger partial charge is 0.297 e. The molecular formula is C7H8OS. The molecule has 9 heavy (non-hydrogen) atoms. The molecule has 1 heterocycles. The molecule has 1 nitrogen and oxygen atoms in total. The number of rotatable bonds is 1. The Morgan fingerprint density at radius 3 is 2.89 bits per heavy atom. The standard InChI is InChI=1S/C7H8OS/c1-6-3-2-4-7(5-8)9-6/h3-5H,2H2,1H3. The average Bonchev–Trinajstić information content (AvgIpc) is 1.88. The summed E-state index contributed by atoms with van der Waals surface area (Å²) in [5, 5.41) is 0. The lowest BCUT2D eigenvalue weighted by Gasteiger charge is -2.03. The van der Waals surface area contributed by atoms with Crippen LogP contribution in [0.25, 0.3) is 0 Å². The summed E-state index contributed by atoms with van der Waals surface area (Å²) in [6.45, 7) is 2.02. The maximum atomic E-state index is 10.2. The lowest BCUT2D eigenvalue weighted by Crippen LogP contribution is -1.83. The van der Waals surface area contributed by atoms with Crippen molar-refractivity contribution in [2.24, 2.45) is 0 Å². The Morgan fingerprint density at radius 2 is 2.44 bits per heavy atom. The summed E-state index contributed by atoms with van der Waals surface area (Å²) in [4.78, 5) is 12.3. The van der Waals surface area contributed by atoms with Crippen LogP contribution in [0.4, 0.5) is 0 Å². The fraction of sp³-hybridized carbons (Fsp3) is 0.286. The van der Waals surface area contributed by atoms with Crippen molar-refractivity contribution in [3.8, 4) is 0 Å². The van der Waals surface area contributed by atoms with Gasteiger partial charge in [-0.2, -0.15) is 0 Å². The van der Waals surface area contributed by atoms with Crippen LogP contribution in [0.15, 0.2) is 22.0 Å². The van der Waals surface area contributed by atoms with Gasteiger partial charge in [0.05, 0.1) is 0 Å². The highest BCUT2D eigenvalue weighted by Gasteiger charge is 2.00. The maximum absolute atomic E-state index is 10.2. The monoisotopic (exact) mass is 140 g/mol. The molecule has 0 amide bonds. The predicted molar refractivity (Wildman–Crippen MR) is 40.1 cm³/mol. The topological polar surface area (TPSA) is 17.1 Å². The number of carbonyl (C=O) groups excluding carboxylic acids is 1. The zero-order chi connectivity index (χ0) is 6.69. The van der Waals surface area contributed by atoms with E-state index in [0.29, 0.717) is 0 Å². The summed E-state index contributed by atoms with van der Waals surface area (Å²) in [7, 11) is 0. The first-order valence-corrected chi connectivity index (χ1v) is 3.64. The highest BCUT2D eigenvalue weighted by Crippen LogP contribution is 2.27. The molecule has 0 atom stereocenters. The van der Waals surface area contributed by atoms with Crippen molar-refractivity contribution in [3.63, 3.8) is 0 Å². The van der Waals surface area contributed by atoms with Crippen LogP contribution >= 0.6 is 11.8 Å². The van der Waals surface area contributed by atoms with Crippen molar-refractivity contribution in [3.05, 3.63) is 22.0 Å². The molecule has 0 aromatic heterocycles. The average molecular weight is 140 g/mol. The third-order valence-corrected chi connectivity index (χ3v) is 2.11. The van der Waals surface area contributed by atoms with Gasteiger partial charge >= 0.3 is 0 Å². The van der Waals surface area contributed by atoms with E-state index < -0.39 is 0 Å². The fourth-order valence-electron chi connectivity index (χ4n) is 0.682. The minimum atomic E-state index is 0.843. The lowest BCUT2D eigenvalue weighted by molar-refractivity contribution is -0.104. The molecule has 0 radical (unpaired) electrons. The normalized spacial score (nSPS) is 18.3. The zero-order valence-electron chi connectivity index (χ0n) is 5.26. The maximum Gasteiger partial charge on any atom is 0.156 e. The van der Waals surface area contributed by atoms with Gasteiger partial charge in [-0.05, 0) is 18.2 Å². The molecule has 0 spiro atoms. The first kappa shape index (κ1) is 6.62. The van der Waals surface area contributed by atoms with Crippen LogP contribution < -0.4 is 0 Å². The Labute approximate surface area is 58.8 Å². The van der Waals surface area contributed by atoms with Gasteiger partial charge in [0.1, 0.15) is 0 Å². The molecule has 1 aliphatic heterocycles. The summed E-state index contributed by atoms with van der Waals surface area (Å²) in [5.74, 6) is 0. The number of aldehydes is 1. The van der Waals surface area contributed by atoms with Gasteiger partial charge in [-0.3, -0.25) is 4.79 Å². The van der Waals surface area contributed by atoms with Crippen LogP contribution in [0.1, 0.15) is 13.3 Å². The van der Waals surface area contributed by atoms with E-state index in [2.05, 4.69) is 6.08 Å². The first-order valence-electron chi connectivity index (χ1n) is 2.83. The fourth-order valence-corrected chi connectivity index (χ4v) is 1.46. The molecule has 0 unspecified atom stereocenters.